The molecule has 0 spiro atoms. The Morgan fingerprint density at radius 1 is 1.30 bits per heavy atom. The third-order valence-corrected chi connectivity index (χ3v) is 4.85. The number of nitrogens with one attached hydrogen (secondary N) is 2. The second kappa shape index (κ2) is 7.19. The summed E-state index contributed by atoms with van der Waals surface area (Å²) < 4.78 is 24.3. The molecule has 1 rings (SSSR count). The lowest BCUT2D eigenvalue weighted by Crippen LogP contribution is -2.35. The van der Waals surface area contributed by atoms with Crippen molar-refractivity contribution >= 4 is 27.3 Å². The predicted octanol–water partition coefficient (Wildman–Crippen LogP) is 1.61. The summed E-state index contributed by atoms with van der Waals surface area (Å²) in [6, 6.07) is 3.77. The zero-order valence-corrected chi connectivity index (χ0v) is 13.9. The topological polar surface area (TPSA) is 75.3 Å². The molecule has 0 aliphatic rings. The normalized spacial score (nSPS) is 13.4. The Morgan fingerprint density at radius 2 is 1.95 bits per heavy atom. The minimum atomic E-state index is -3.15. The third kappa shape index (κ3) is 6.02. The number of carbonyl (C=O) groups excluding carboxylic acids is 1. The summed E-state index contributed by atoms with van der Waals surface area (Å²) in [6.07, 6.45) is 1.72. The Bertz CT molecular complexity index is 550. The number of carbonyl (C=O) groups is 1. The van der Waals surface area contributed by atoms with Crippen molar-refractivity contribution in [3.63, 3.8) is 0 Å². The zero-order chi connectivity index (χ0) is 15.3. The monoisotopic (exact) mass is 318 g/mol. The van der Waals surface area contributed by atoms with E-state index in [1.165, 1.54) is 11.3 Å². The summed E-state index contributed by atoms with van der Waals surface area (Å²) in [6.45, 7) is 6.44. The van der Waals surface area contributed by atoms with Crippen molar-refractivity contribution in [1.82, 2.24) is 10.0 Å². The van der Waals surface area contributed by atoms with E-state index in [0.29, 0.717) is 23.8 Å². The second-order valence-corrected chi connectivity index (χ2v) is 8.19. The molecule has 1 amide bonds. The third-order valence-electron chi connectivity index (χ3n) is 2.98. The Morgan fingerprint density at radius 3 is 2.50 bits per heavy atom. The van der Waals surface area contributed by atoms with Gasteiger partial charge in [0.2, 0.25) is 10.0 Å². The Labute approximate surface area is 124 Å². The molecule has 1 atom stereocenters. The average Bonchev–Trinajstić information content (AvgIpc) is 2.75. The highest BCUT2D eigenvalue weighted by atomic mass is 32.2. The van der Waals surface area contributed by atoms with Crippen LogP contribution in [0.3, 0.4) is 0 Å². The molecule has 20 heavy (non-hydrogen) atoms. The number of hydrogen-bond acceptors (Lipinski definition) is 4. The minimum Gasteiger partial charge on any atom is -0.349 e. The summed E-state index contributed by atoms with van der Waals surface area (Å²) in [5, 5.41) is 2.95. The van der Waals surface area contributed by atoms with Crippen LogP contribution in [0.2, 0.25) is 0 Å². The van der Waals surface area contributed by atoms with Crippen LogP contribution >= 0.6 is 11.3 Å². The van der Waals surface area contributed by atoms with E-state index in [-0.39, 0.29) is 11.9 Å². The summed E-state index contributed by atoms with van der Waals surface area (Å²) in [7, 11) is -3.15. The van der Waals surface area contributed by atoms with Crippen molar-refractivity contribution in [1.29, 1.82) is 0 Å². The molecule has 0 aliphatic heterocycles. The summed E-state index contributed by atoms with van der Waals surface area (Å²) in [4.78, 5) is 13.6. The van der Waals surface area contributed by atoms with Gasteiger partial charge in [0.25, 0.3) is 5.91 Å². The van der Waals surface area contributed by atoms with E-state index in [1.54, 1.807) is 6.07 Å². The van der Waals surface area contributed by atoms with Crippen LogP contribution in [-0.4, -0.2) is 33.2 Å². The van der Waals surface area contributed by atoms with Gasteiger partial charge in [-0.05, 0) is 31.4 Å². The molecule has 7 heteroatoms. The summed E-state index contributed by atoms with van der Waals surface area (Å²) >= 11 is 1.40. The second-order valence-electron chi connectivity index (χ2n) is 5.19. The minimum absolute atomic E-state index is 0.0708. The fourth-order valence-corrected chi connectivity index (χ4v) is 2.82. The van der Waals surface area contributed by atoms with Gasteiger partial charge in [0.05, 0.1) is 11.1 Å². The van der Waals surface area contributed by atoms with Crippen LogP contribution in [0.1, 0.15) is 35.3 Å². The molecule has 114 valence electrons. The van der Waals surface area contributed by atoms with Gasteiger partial charge in [-0.15, -0.1) is 11.3 Å². The van der Waals surface area contributed by atoms with Crippen LogP contribution in [0.5, 0.6) is 0 Å². The SMILES string of the molecule is CC(C)C(C)NC(=O)c1ccc(CCNS(C)(=O)=O)s1. The van der Waals surface area contributed by atoms with E-state index in [4.69, 9.17) is 0 Å². The maximum absolute atomic E-state index is 12.0. The highest BCUT2D eigenvalue weighted by Crippen LogP contribution is 2.17. The fourth-order valence-electron chi connectivity index (χ4n) is 1.44. The molecular formula is C13H22N2O3S2. The number of rotatable bonds is 7. The van der Waals surface area contributed by atoms with Crippen molar-refractivity contribution in [2.45, 2.75) is 33.2 Å². The Kier molecular flexibility index (Phi) is 6.16. The molecule has 1 heterocycles. The molecule has 0 aliphatic carbocycles. The Balaban J connectivity index is 2.52. The highest BCUT2D eigenvalue weighted by molar-refractivity contribution is 7.88. The standard InChI is InChI=1S/C13H22N2O3S2/c1-9(2)10(3)15-13(16)12-6-5-11(19-12)7-8-14-20(4,17)18/h5-6,9-10,14H,7-8H2,1-4H3,(H,15,16). The number of sulfonamides is 1. The van der Waals surface area contributed by atoms with Gasteiger partial charge in [-0.3, -0.25) is 4.79 Å². The smallest absolute Gasteiger partial charge is 0.261 e. The quantitative estimate of drug-likeness (QED) is 0.802. The van der Waals surface area contributed by atoms with E-state index < -0.39 is 10.0 Å². The van der Waals surface area contributed by atoms with E-state index in [1.807, 2.05) is 13.0 Å². The predicted molar refractivity (Wildman–Crippen MR) is 82.6 cm³/mol. The van der Waals surface area contributed by atoms with Gasteiger partial charge in [-0.25, -0.2) is 13.1 Å². The summed E-state index contributed by atoms with van der Waals surface area (Å²) in [5.74, 6) is 0.316. The molecule has 0 bridgehead atoms. The molecule has 5 nitrogen and oxygen atoms in total. The Hall–Kier alpha value is -0.920. The number of hydrogen-bond donors (Lipinski definition) is 2. The first-order chi connectivity index (χ1) is 9.19. The first kappa shape index (κ1) is 17.1. The van der Waals surface area contributed by atoms with Crippen LogP contribution in [0.15, 0.2) is 12.1 Å². The van der Waals surface area contributed by atoms with Crippen molar-refractivity contribution in [3.8, 4) is 0 Å². The maximum Gasteiger partial charge on any atom is 0.261 e. The van der Waals surface area contributed by atoms with E-state index in [2.05, 4.69) is 23.9 Å². The van der Waals surface area contributed by atoms with Crippen LogP contribution in [0.25, 0.3) is 0 Å². The zero-order valence-electron chi connectivity index (χ0n) is 12.3. The van der Waals surface area contributed by atoms with Gasteiger partial charge in [0.1, 0.15) is 0 Å². The lowest BCUT2D eigenvalue weighted by Gasteiger charge is -2.16. The van der Waals surface area contributed by atoms with Gasteiger partial charge in [0.15, 0.2) is 0 Å². The van der Waals surface area contributed by atoms with Crippen LogP contribution < -0.4 is 10.0 Å². The van der Waals surface area contributed by atoms with Crippen molar-refractivity contribution in [2.75, 3.05) is 12.8 Å². The first-order valence-corrected chi connectivity index (χ1v) is 9.24. The largest absolute Gasteiger partial charge is 0.349 e. The maximum atomic E-state index is 12.0. The first-order valence-electron chi connectivity index (χ1n) is 6.53. The van der Waals surface area contributed by atoms with E-state index in [0.717, 1.165) is 11.1 Å². The molecule has 0 saturated heterocycles. The molecule has 0 saturated carbocycles. The molecule has 0 fully saturated rings. The van der Waals surface area contributed by atoms with Crippen molar-refractivity contribution < 1.29 is 13.2 Å². The van der Waals surface area contributed by atoms with Crippen molar-refractivity contribution in [3.05, 3.63) is 21.9 Å². The molecule has 1 aromatic rings. The van der Waals surface area contributed by atoms with Gasteiger partial charge in [-0.2, -0.15) is 0 Å². The van der Waals surface area contributed by atoms with Crippen molar-refractivity contribution in [2.24, 2.45) is 5.92 Å². The average molecular weight is 318 g/mol. The van der Waals surface area contributed by atoms with Crippen LogP contribution in [0, 0.1) is 5.92 Å². The van der Waals surface area contributed by atoms with Gasteiger partial charge in [-0.1, -0.05) is 13.8 Å². The molecule has 0 radical (unpaired) electrons. The fraction of sp³-hybridized carbons (Fsp3) is 0.615. The highest BCUT2D eigenvalue weighted by Gasteiger charge is 2.14. The number of thiophene rings is 1. The van der Waals surface area contributed by atoms with Crippen LogP contribution in [-0.2, 0) is 16.4 Å². The van der Waals surface area contributed by atoms with Gasteiger partial charge >= 0.3 is 0 Å². The lowest BCUT2D eigenvalue weighted by molar-refractivity contribution is 0.0934. The van der Waals surface area contributed by atoms with Crippen LogP contribution in [0.4, 0.5) is 0 Å². The van der Waals surface area contributed by atoms with Gasteiger partial charge in [0, 0.05) is 17.5 Å². The van der Waals surface area contributed by atoms with E-state index in [9.17, 15) is 13.2 Å². The lowest BCUT2D eigenvalue weighted by atomic mass is 10.1. The molecular weight excluding hydrogens is 296 g/mol. The molecule has 2 N–H and O–H groups in total. The molecule has 1 aromatic heterocycles. The molecule has 1 unspecified atom stereocenters. The number of amides is 1. The summed E-state index contributed by atoms with van der Waals surface area (Å²) in [5.41, 5.74) is 0. The van der Waals surface area contributed by atoms with Gasteiger partial charge < -0.3 is 5.32 Å². The van der Waals surface area contributed by atoms with E-state index >= 15 is 0 Å². The molecule has 0 aromatic carbocycles.